The minimum atomic E-state index is 0.243. The van der Waals surface area contributed by atoms with E-state index in [1.165, 1.54) is 0 Å². The van der Waals surface area contributed by atoms with Gasteiger partial charge in [0.2, 0.25) is 0 Å². The fourth-order valence-electron chi connectivity index (χ4n) is 1.94. The number of aromatic hydroxyl groups is 1. The van der Waals surface area contributed by atoms with Crippen LogP contribution in [0.2, 0.25) is 0 Å². The Balaban J connectivity index is 1.91. The smallest absolute Gasteiger partial charge is 0.187 e. The van der Waals surface area contributed by atoms with Crippen molar-refractivity contribution in [3.05, 3.63) is 65.7 Å². The summed E-state index contributed by atoms with van der Waals surface area (Å²) in [6.07, 6.45) is 0.763. The highest BCUT2D eigenvalue weighted by Gasteiger charge is 2.02. The molecule has 22 heavy (non-hydrogen) atoms. The first kappa shape index (κ1) is 16.0. The minimum absolute atomic E-state index is 0.243. The Kier molecular flexibility index (Phi) is 5.91. The van der Waals surface area contributed by atoms with Gasteiger partial charge in [0, 0.05) is 6.54 Å². The zero-order valence-electron chi connectivity index (χ0n) is 12.4. The van der Waals surface area contributed by atoms with Crippen LogP contribution in [0.5, 0.6) is 5.75 Å². The minimum Gasteiger partial charge on any atom is -0.508 e. The molecule has 0 saturated heterocycles. The molecule has 0 unspecified atom stereocenters. The molecule has 4 nitrogen and oxygen atoms in total. The number of phenolic OH excluding ortho intramolecular Hbond substituents is 1. The molecule has 0 amide bonds. The number of nitrogens with one attached hydrogen (secondary N) is 2. The molecule has 0 heterocycles. The summed E-state index contributed by atoms with van der Waals surface area (Å²) in [5.41, 5.74) is 5.86. The topological polar surface area (TPSA) is 56.7 Å². The fraction of sp³-hybridized carbons (Fsp3) is 0.176. The molecule has 0 aliphatic carbocycles. The van der Waals surface area contributed by atoms with Crippen LogP contribution in [0.25, 0.3) is 0 Å². The van der Waals surface area contributed by atoms with Crippen LogP contribution >= 0.6 is 12.2 Å². The van der Waals surface area contributed by atoms with Crippen LogP contribution in [-0.2, 0) is 6.54 Å². The SMILES string of the molecule is CCC(=NNC(=S)NCc1ccccc1)c1ccc(O)cc1. The van der Waals surface area contributed by atoms with Crippen LogP contribution in [0.3, 0.4) is 0 Å². The van der Waals surface area contributed by atoms with Crippen molar-refractivity contribution in [2.45, 2.75) is 19.9 Å². The van der Waals surface area contributed by atoms with Gasteiger partial charge in [0.05, 0.1) is 5.71 Å². The molecule has 0 spiro atoms. The van der Waals surface area contributed by atoms with Gasteiger partial charge in [0.25, 0.3) is 0 Å². The number of hydrazone groups is 1. The summed E-state index contributed by atoms with van der Waals surface area (Å²) in [6, 6.07) is 17.0. The van der Waals surface area contributed by atoms with E-state index >= 15 is 0 Å². The molecule has 0 atom stereocenters. The summed E-state index contributed by atoms with van der Waals surface area (Å²) in [6.45, 7) is 2.68. The van der Waals surface area contributed by atoms with Gasteiger partial charge in [0.15, 0.2) is 5.11 Å². The number of hydrogen-bond donors (Lipinski definition) is 3. The van der Waals surface area contributed by atoms with Gasteiger partial charge >= 0.3 is 0 Å². The molecule has 5 heteroatoms. The highest BCUT2D eigenvalue weighted by Crippen LogP contribution is 2.11. The van der Waals surface area contributed by atoms with Crippen molar-refractivity contribution < 1.29 is 5.11 Å². The summed E-state index contributed by atoms with van der Waals surface area (Å²) < 4.78 is 0. The van der Waals surface area contributed by atoms with Crippen molar-refractivity contribution in [2.24, 2.45) is 5.10 Å². The zero-order chi connectivity index (χ0) is 15.8. The van der Waals surface area contributed by atoms with Crippen LogP contribution in [0, 0.1) is 0 Å². The Morgan fingerprint density at radius 2 is 1.77 bits per heavy atom. The number of benzene rings is 2. The van der Waals surface area contributed by atoms with Crippen molar-refractivity contribution in [3.63, 3.8) is 0 Å². The lowest BCUT2D eigenvalue weighted by Crippen LogP contribution is -2.32. The van der Waals surface area contributed by atoms with E-state index in [-0.39, 0.29) is 5.75 Å². The van der Waals surface area contributed by atoms with Crippen molar-refractivity contribution in [2.75, 3.05) is 0 Å². The molecule has 0 fully saturated rings. The highest BCUT2D eigenvalue weighted by atomic mass is 32.1. The van der Waals surface area contributed by atoms with E-state index in [2.05, 4.69) is 15.8 Å². The third-order valence-corrected chi connectivity index (χ3v) is 3.36. The van der Waals surface area contributed by atoms with E-state index in [9.17, 15) is 5.11 Å². The predicted octanol–water partition coefficient (Wildman–Crippen LogP) is 3.17. The number of rotatable bonds is 5. The third kappa shape index (κ3) is 4.86. The summed E-state index contributed by atoms with van der Waals surface area (Å²) >= 11 is 5.22. The molecule has 0 aliphatic rings. The van der Waals surface area contributed by atoms with Crippen LogP contribution in [0.4, 0.5) is 0 Å². The lowest BCUT2D eigenvalue weighted by molar-refractivity contribution is 0.475. The van der Waals surface area contributed by atoms with Crippen molar-refractivity contribution in [3.8, 4) is 5.75 Å². The third-order valence-electron chi connectivity index (χ3n) is 3.12. The van der Waals surface area contributed by atoms with Gasteiger partial charge in [0.1, 0.15) is 5.75 Å². The first-order valence-corrected chi connectivity index (χ1v) is 7.53. The second-order valence-corrected chi connectivity index (χ2v) is 5.15. The van der Waals surface area contributed by atoms with Crippen molar-refractivity contribution in [1.82, 2.24) is 10.7 Å². The van der Waals surface area contributed by atoms with Gasteiger partial charge in [-0.15, -0.1) is 0 Å². The molecule has 0 aromatic heterocycles. The monoisotopic (exact) mass is 313 g/mol. The Bertz CT molecular complexity index is 639. The summed E-state index contributed by atoms with van der Waals surface area (Å²) in [5, 5.41) is 17.2. The van der Waals surface area contributed by atoms with Crippen LogP contribution in [0.1, 0.15) is 24.5 Å². The van der Waals surface area contributed by atoms with Gasteiger partial charge in [-0.1, -0.05) is 37.3 Å². The standard InChI is InChI=1S/C17H19N3OS/c1-2-16(14-8-10-15(21)11-9-14)19-20-17(22)18-12-13-6-4-3-5-7-13/h3-11,21H,2,12H2,1H3,(H2,18,20,22). The number of nitrogens with zero attached hydrogens (tertiary/aromatic N) is 1. The molecule has 0 saturated carbocycles. The van der Waals surface area contributed by atoms with E-state index in [1.54, 1.807) is 12.1 Å². The summed E-state index contributed by atoms with van der Waals surface area (Å²) in [4.78, 5) is 0. The lowest BCUT2D eigenvalue weighted by Gasteiger charge is -2.09. The normalized spacial score (nSPS) is 11.0. The molecular formula is C17H19N3OS. The van der Waals surface area contributed by atoms with E-state index in [4.69, 9.17) is 12.2 Å². The van der Waals surface area contributed by atoms with Gasteiger partial charge in [-0.2, -0.15) is 5.10 Å². The maximum atomic E-state index is 9.32. The first-order valence-electron chi connectivity index (χ1n) is 7.12. The van der Waals surface area contributed by atoms with E-state index in [1.807, 2.05) is 49.4 Å². The predicted molar refractivity (Wildman–Crippen MR) is 94.0 cm³/mol. The molecule has 0 radical (unpaired) electrons. The van der Waals surface area contributed by atoms with Crippen LogP contribution in [0.15, 0.2) is 59.7 Å². The molecule has 0 bridgehead atoms. The average Bonchev–Trinajstić information content (AvgIpc) is 2.56. The molecule has 114 valence electrons. The Labute approximate surface area is 135 Å². The molecule has 2 aromatic carbocycles. The number of thiocarbonyl (C=S) groups is 1. The Morgan fingerprint density at radius 3 is 2.41 bits per heavy atom. The van der Waals surface area contributed by atoms with Crippen LogP contribution in [-0.4, -0.2) is 15.9 Å². The van der Waals surface area contributed by atoms with E-state index in [0.717, 1.165) is 23.3 Å². The Morgan fingerprint density at radius 1 is 1.09 bits per heavy atom. The summed E-state index contributed by atoms with van der Waals surface area (Å²) in [5.74, 6) is 0.243. The van der Waals surface area contributed by atoms with Crippen molar-refractivity contribution in [1.29, 1.82) is 0 Å². The van der Waals surface area contributed by atoms with Crippen LogP contribution < -0.4 is 10.7 Å². The fourth-order valence-corrected chi connectivity index (χ4v) is 2.06. The van der Waals surface area contributed by atoms with Gasteiger partial charge in [-0.05, 0) is 54.0 Å². The lowest BCUT2D eigenvalue weighted by atomic mass is 10.1. The molecule has 2 aromatic rings. The molecule has 2 rings (SSSR count). The molecule has 3 N–H and O–H groups in total. The second-order valence-electron chi connectivity index (χ2n) is 4.74. The van der Waals surface area contributed by atoms with Gasteiger partial charge in [-0.25, -0.2) is 0 Å². The number of phenols is 1. The van der Waals surface area contributed by atoms with E-state index in [0.29, 0.717) is 11.7 Å². The Hall–Kier alpha value is -2.40. The molecular weight excluding hydrogens is 294 g/mol. The summed E-state index contributed by atoms with van der Waals surface area (Å²) in [7, 11) is 0. The average molecular weight is 313 g/mol. The maximum Gasteiger partial charge on any atom is 0.187 e. The van der Waals surface area contributed by atoms with Crippen molar-refractivity contribution >= 4 is 23.0 Å². The van der Waals surface area contributed by atoms with Gasteiger partial charge < -0.3 is 10.4 Å². The first-order chi connectivity index (χ1) is 10.7. The highest BCUT2D eigenvalue weighted by molar-refractivity contribution is 7.80. The second kappa shape index (κ2) is 8.14. The quantitative estimate of drug-likeness (QED) is 0.451. The van der Waals surface area contributed by atoms with Gasteiger partial charge in [-0.3, -0.25) is 5.43 Å². The maximum absolute atomic E-state index is 9.32. The molecule has 0 aliphatic heterocycles. The largest absolute Gasteiger partial charge is 0.508 e. The number of hydrogen-bond acceptors (Lipinski definition) is 3. The zero-order valence-corrected chi connectivity index (χ0v) is 13.2. The van der Waals surface area contributed by atoms with E-state index < -0.39 is 0 Å².